The molecule has 0 bridgehead atoms. The number of fused-ring (bicyclic) bond motifs is 3. The minimum Gasteiger partial charge on any atom is -0.379 e. The second-order valence-electron chi connectivity index (χ2n) is 5.67. The molecule has 0 radical (unpaired) electrons. The van der Waals surface area contributed by atoms with Gasteiger partial charge in [0.2, 0.25) is 0 Å². The summed E-state index contributed by atoms with van der Waals surface area (Å²) in [5.74, 6) is 0.484. The molecule has 24 heavy (non-hydrogen) atoms. The van der Waals surface area contributed by atoms with E-state index in [2.05, 4.69) is 19.9 Å². The molecule has 0 aliphatic carbocycles. The molecule has 3 heterocycles. The number of aliphatic hydroxyl groups excluding tert-OH is 1. The number of benzene rings is 1. The zero-order chi connectivity index (χ0) is 16.8. The number of nitrogens with zero attached hydrogens (tertiary/aromatic N) is 5. The molecule has 0 aliphatic heterocycles. The van der Waals surface area contributed by atoms with Crippen LogP contribution in [0.5, 0.6) is 0 Å². The van der Waals surface area contributed by atoms with E-state index < -0.39 is 6.10 Å². The summed E-state index contributed by atoms with van der Waals surface area (Å²) in [7, 11) is 1.86. The standard InChI is InChI=1S/C17H14ClN5O/c1-9-6-20-14(8-19-9)16(24)17-22-13-7-21-12-4-3-10(18)5-11(12)15(13)23(17)2/h3-8,16,24H,1-2H3. The van der Waals surface area contributed by atoms with Crippen molar-refractivity contribution in [1.29, 1.82) is 0 Å². The number of rotatable bonds is 2. The fraction of sp³-hybridized carbons (Fsp3) is 0.176. The third kappa shape index (κ3) is 2.31. The topological polar surface area (TPSA) is 76.7 Å². The highest BCUT2D eigenvalue weighted by Crippen LogP contribution is 2.29. The fourth-order valence-corrected chi connectivity index (χ4v) is 2.98. The van der Waals surface area contributed by atoms with Crippen molar-refractivity contribution in [3.63, 3.8) is 0 Å². The van der Waals surface area contributed by atoms with Crippen LogP contribution in [0.1, 0.15) is 23.3 Å². The molecule has 6 nitrogen and oxygen atoms in total. The van der Waals surface area contributed by atoms with Crippen LogP contribution < -0.4 is 0 Å². The van der Waals surface area contributed by atoms with Crippen molar-refractivity contribution in [3.05, 3.63) is 59.0 Å². The van der Waals surface area contributed by atoms with E-state index in [-0.39, 0.29) is 0 Å². The van der Waals surface area contributed by atoms with E-state index in [9.17, 15) is 5.11 Å². The Balaban J connectivity index is 1.93. The Morgan fingerprint density at radius 3 is 2.67 bits per heavy atom. The second-order valence-corrected chi connectivity index (χ2v) is 6.10. The van der Waals surface area contributed by atoms with Crippen LogP contribution in [0.2, 0.25) is 5.02 Å². The molecule has 4 rings (SSSR count). The normalized spacial score (nSPS) is 12.8. The van der Waals surface area contributed by atoms with Gasteiger partial charge in [-0.1, -0.05) is 11.6 Å². The molecular formula is C17H14ClN5O. The highest BCUT2D eigenvalue weighted by molar-refractivity contribution is 6.31. The number of aryl methyl sites for hydroxylation is 2. The fourth-order valence-electron chi connectivity index (χ4n) is 2.81. The molecule has 1 aromatic carbocycles. The highest BCUT2D eigenvalue weighted by Gasteiger charge is 2.21. The summed E-state index contributed by atoms with van der Waals surface area (Å²) >= 11 is 6.13. The molecule has 0 spiro atoms. The number of halogens is 1. The van der Waals surface area contributed by atoms with Gasteiger partial charge in [-0.05, 0) is 25.1 Å². The van der Waals surface area contributed by atoms with Gasteiger partial charge in [-0.3, -0.25) is 15.0 Å². The third-order valence-corrected chi connectivity index (χ3v) is 4.26. The molecule has 1 atom stereocenters. The Labute approximate surface area is 142 Å². The molecule has 0 fully saturated rings. The monoisotopic (exact) mass is 339 g/mol. The maximum Gasteiger partial charge on any atom is 0.155 e. The van der Waals surface area contributed by atoms with E-state index in [0.29, 0.717) is 22.1 Å². The first-order valence-corrected chi connectivity index (χ1v) is 7.79. The first-order valence-electron chi connectivity index (χ1n) is 7.42. The molecular weight excluding hydrogens is 326 g/mol. The average Bonchev–Trinajstić information content (AvgIpc) is 2.92. The van der Waals surface area contributed by atoms with Crippen molar-refractivity contribution in [2.24, 2.45) is 7.05 Å². The molecule has 1 N–H and O–H groups in total. The summed E-state index contributed by atoms with van der Waals surface area (Å²) in [5, 5.41) is 12.2. The number of pyridine rings is 1. The van der Waals surface area contributed by atoms with Gasteiger partial charge in [-0.25, -0.2) is 4.98 Å². The smallest absolute Gasteiger partial charge is 0.155 e. The van der Waals surface area contributed by atoms with Crippen LogP contribution in [-0.2, 0) is 7.05 Å². The Bertz CT molecular complexity index is 1060. The molecule has 0 saturated heterocycles. The Morgan fingerprint density at radius 1 is 1.08 bits per heavy atom. The van der Waals surface area contributed by atoms with Gasteiger partial charge >= 0.3 is 0 Å². The number of aliphatic hydroxyl groups is 1. The van der Waals surface area contributed by atoms with E-state index in [1.165, 1.54) is 0 Å². The minimum atomic E-state index is -0.968. The first-order chi connectivity index (χ1) is 11.5. The van der Waals surface area contributed by atoms with Crippen LogP contribution in [0, 0.1) is 6.92 Å². The molecule has 4 aromatic rings. The first kappa shape index (κ1) is 15.0. The van der Waals surface area contributed by atoms with Crippen molar-refractivity contribution >= 4 is 33.5 Å². The lowest BCUT2D eigenvalue weighted by atomic mass is 10.2. The van der Waals surface area contributed by atoms with E-state index in [1.54, 1.807) is 24.7 Å². The van der Waals surface area contributed by atoms with Crippen molar-refractivity contribution in [1.82, 2.24) is 24.5 Å². The van der Waals surface area contributed by atoms with Gasteiger partial charge in [-0.2, -0.15) is 0 Å². The van der Waals surface area contributed by atoms with Crippen molar-refractivity contribution in [3.8, 4) is 0 Å². The van der Waals surface area contributed by atoms with Gasteiger partial charge in [-0.15, -0.1) is 0 Å². The van der Waals surface area contributed by atoms with Crippen LogP contribution >= 0.6 is 11.6 Å². The summed E-state index contributed by atoms with van der Waals surface area (Å²) in [6.07, 6.45) is 3.91. The predicted molar refractivity (Wildman–Crippen MR) is 91.9 cm³/mol. The largest absolute Gasteiger partial charge is 0.379 e. The lowest BCUT2D eigenvalue weighted by molar-refractivity contribution is 0.201. The lowest BCUT2D eigenvalue weighted by Gasteiger charge is -2.10. The van der Waals surface area contributed by atoms with Gasteiger partial charge in [0.15, 0.2) is 6.10 Å². The van der Waals surface area contributed by atoms with Crippen LogP contribution in [0.4, 0.5) is 0 Å². The average molecular weight is 340 g/mol. The van der Waals surface area contributed by atoms with E-state index in [0.717, 1.165) is 22.1 Å². The van der Waals surface area contributed by atoms with Crippen LogP contribution in [0.3, 0.4) is 0 Å². The SMILES string of the molecule is Cc1cnc(C(O)c2nc3cnc4ccc(Cl)cc4c3n2C)cn1. The van der Waals surface area contributed by atoms with Crippen molar-refractivity contribution in [2.45, 2.75) is 13.0 Å². The van der Waals surface area contributed by atoms with Gasteiger partial charge in [0.25, 0.3) is 0 Å². The quantitative estimate of drug-likeness (QED) is 0.607. The Kier molecular flexibility index (Phi) is 3.44. The zero-order valence-corrected chi connectivity index (χ0v) is 13.9. The van der Waals surface area contributed by atoms with Crippen molar-refractivity contribution < 1.29 is 5.11 Å². The summed E-state index contributed by atoms with van der Waals surface area (Å²) in [6.45, 7) is 1.85. The van der Waals surface area contributed by atoms with Gasteiger partial charge in [0.1, 0.15) is 11.3 Å². The van der Waals surface area contributed by atoms with Gasteiger partial charge in [0.05, 0.1) is 34.8 Å². The Hall–Kier alpha value is -2.57. The van der Waals surface area contributed by atoms with Crippen LogP contribution in [0.15, 0.2) is 36.8 Å². The van der Waals surface area contributed by atoms with Gasteiger partial charge < -0.3 is 9.67 Å². The van der Waals surface area contributed by atoms with Crippen LogP contribution in [-0.4, -0.2) is 29.6 Å². The summed E-state index contributed by atoms with van der Waals surface area (Å²) in [5.41, 5.74) is 3.64. The van der Waals surface area contributed by atoms with E-state index in [4.69, 9.17) is 11.6 Å². The number of imidazole rings is 1. The second kappa shape index (κ2) is 5.51. The number of aromatic nitrogens is 5. The van der Waals surface area contributed by atoms with Gasteiger partial charge in [0, 0.05) is 23.7 Å². The summed E-state index contributed by atoms with van der Waals surface area (Å²) < 4.78 is 1.85. The van der Waals surface area contributed by atoms with E-state index >= 15 is 0 Å². The molecule has 120 valence electrons. The maximum atomic E-state index is 10.7. The van der Waals surface area contributed by atoms with E-state index in [1.807, 2.05) is 30.7 Å². The Morgan fingerprint density at radius 2 is 1.92 bits per heavy atom. The molecule has 3 aromatic heterocycles. The molecule has 1 unspecified atom stereocenters. The zero-order valence-electron chi connectivity index (χ0n) is 13.1. The molecule has 0 amide bonds. The minimum absolute atomic E-state index is 0.453. The van der Waals surface area contributed by atoms with Crippen molar-refractivity contribution in [2.75, 3.05) is 0 Å². The summed E-state index contributed by atoms with van der Waals surface area (Å²) in [4.78, 5) is 17.4. The predicted octanol–water partition coefficient (Wildman–Crippen LogP) is 2.96. The lowest BCUT2D eigenvalue weighted by Crippen LogP contribution is -2.09. The third-order valence-electron chi connectivity index (χ3n) is 4.02. The number of hydrogen-bond acceptors (Lipinski definition) is 5. The van der Waals surface area contributed by atoms with Crippen LogP contribution in [0.25, 0.3) is 21.9 Å². The molecule has 0 aliphatic rings. The molecule has 7 heteroatoms. The molecule has 0 saturated carbocycles. The highest BCUT2D eigenvalue weighted by atomic mass is 35.5. The maximum absolute atomic E-state index is 10.7. The number of hydrogen-bond donors (Lipinski definition) is 1. The summed E-state index contributed by atoms with van der Waals surface area (Å²) in [6, 6.07) is 5.53.